The molecule has 1 N–H and O–H groups in total. The van der Waals surface area contributed by atoms with Gasteiger partial charge in [0.25, 0.3) is 0 Å². The minimum absolute atomic E-state index is 0.222. The second kappa shape index (κ2) is 5.81. The zero-order valence-electron chi connectivity index (χ0n) is 11.0. The lowest BCUT2D eigenvalue weighted by molar-refractivity contribution is 0.466. The average molecular weight is 291 g/mol. The van der Waals surface area contributed by atoms with Gasteiger partial charge in [0.05, 0.1) is 5.69 Å². The summed E-state index contributed by atoms with van der Waals surface area (Å²) in [4.78, 5) is 2.07. The minimum atomic E-state index is -0.258. The third kappa shape index (κ3) is 2.79. The molecule has 1 aliphatic rings. The number of rotatable bonds is 2. The molecular weight excluding hydrogens is 275 g/mol. The molecule has 20 heavy (non-hydrogen) atoms. The van der Waals surface area contributed by atoms with Crippen LogP contribution < -0.4 is 10.2 Å². The highest BCUT2D eigenvalue weighted by Gasteiger charge is 2.22. The fraction of sp³-hybridized carbons (Fsp3) is 0.250. The van der Waals surface area contributed by atoms with E-state index in [0.29, 0.717) is 10.7 Å². The number of nitrogens with one attached hydrogen (secondary N) is 1. The van der Waals surface area contributed by atoms with Gasteiger partial charge in [0.1, 0.15) is 5.82 Å². The van der Waals surface area contributed by atoms with E-state index in [2.05, 4.69) is 22.3 Å². The van der Waals surface area contributed by atoms with Gasteiger partial charge in [0, 0.05) is 30.7 Å². The molecule has 104 valence electrons. The van der Waals surface area contributed by atoms with Crippen LogP contribution in [0.2, 0.25) is 5.02 Å². The van der Waals surface area contributed by atoms with Crippen LogP contribution in [-0.2, 0) is 0 Å². The Hall–Kier alpha value is -1.58. The van der Waals surface area contributed by atoms with Crippen LogP contribution in [-0.4, -0.2) is 19.6 Å². The lowest BCUT2D eigenvalue weighted by Gasteiger charge is -2.35. The van der Waals surface area contributed by atoms with Crippen LogP contribution in [0.3, 0.4) is 0 Å². The molecule has 4 heteroatoms. The predicted octanol–water partition coefficient (Wildman–Crippen LogP) is 3.63. The van der Waals surface area contributed by atoms with Crippen LogP contribution in [0.15, 0.2) is 48.5 Å². The van der Waals surface area contributed by atoms with Gasteiger partial charge in [-0.25, -0.2) is 4.39 Å². The summed E-state index contributed by atoms with van der Waals surface area (Å²) in [5.41, 5.74) is 1.85. The van der Waals surface area contributed by atoms with Gasteiger partial charge in [-0.1, -0.05) is 41.9 Å². The van der Waals surface area contributed by atoms with E-state index >= 15 is 0 Å². The highest BCUT2D eigenvalue weighted by Crippen LogP contribution is 2.26. The largest absolute Gasteiger partial charge is 0.366 e. The summed E-state index contributed by atoms with van der Waals surface area (Å²) in [5.74, 6) is -0.258. The molecule has 2 aromatic carbocycles. The number of piperazine rings is 1. The predicted molar refractivity (Wildman–Crippen MR) is 80.8 cm³/mol. The highest BCUT2D eigenvalue weighted by molar-refractivity contribution is 6.30. The van der Waals surface area contributed by atoms with Gasteiger partial charge in [0.15, 0.2) is 0 Å². The fourth-order valence-corrected chi connectivity index (χ4v) is 2.77. The Morgan fingerprint density at radius 1 is 1.15 bits per heavy atom. The normalized spacial score (nSPS) is 19.1. The Morgan fingerprint density at radius 2 is 1.95 bits per heavy atom. The molecule has 3 rings (SSSR count). The van der Waals surface area contributed by atoms with Gasteiger partial charge in [-0.05, 0) is 23.8 Å². The molecule has 2 aromatic rings. The third-order valence-corrected chi connectivity index (χ3v) is 3.86. The topological polar surface area (TPSA) is 15.3 Å². The molecule has 0 aliphatic carbocycles. The van der Waals surface area contributed by atoms with Crippen LogP contribution in [0, 0.1) is 5.82 Å². The van der Waals surface area contributed by atoms with E-state index in [-0.39, 0.29) is 11.9 Å². The zero-order chi connectivity index (χ0) is 13.9. The first-order valence-electron chi connectivity index (χ1n) is 6.72. The summed E-state index contributed by atoms with van der Waals surface area (Å²) in [5, 5.41) is 3.91. The van der Waals surface area contributed by atoms with Crippen molar-refractivity contribution in [1.29, 1.82) is 0 Å². The van der Waals surface area contributed by atoms with Gasteiger partial charge >= 0.3 is 0 Å². The van der Waals surface area contributed by atoms with Crippen LogP contribution in [0.4, 0.5) is 10.1 Å². The molecule has 2 nitrogen and oxygen atoms in total. The van der Waals surface area contributed by atoms with Crippen molar-refractivity contribution in [3.63, 3.8) is 0 Å². The lowest BCUT2D eigenvalue weighted by atomic mass is 10.0. The first-order valence-corrected chi connectivity index (χ1v) is 7.10. The maximum Gasteiger partial charge on any atom is 0.147 e. The van der Waals surface area contributed by atoms with E-state index in [1.807, 2.05) is 18.2 Å². The quantitative estimate of drug-likeness (QED) is 0.908. The minimum Gasteiger partial charge on any atom is -0.366 e. The first kappa shape index (κ1) is 13.4. The van der Waals surface area contributed by atoms with E-state index in [9.17, 15) is 4.39 Å². The number of halogens is 2. The first-order chi connectivity index (χ1) is 9.74. The molecule has 1 atom stereocenters. The number of hydrogen-bond donors (Lipinski definition) is 1. The highest BCUT2D eigenvalue weighted by atomic mass is 35.5. The van der Waals surface area contributed by atoms with Gasteiger partial charge < -0.3 is 10.2 Å². The summed E-state index contributed by atoms with van der Waals surface area (Å²) < 4.78 is 14.0. The molecule has 1 fully saturated rings. The van der Waals surface area contributed by atoms with Crippen LogP contribution in [0.25, 0.3) is 0 Å². The molecule has 1 aliphatic heterocycles. The Kier molecular flexibility index (Phi) is 3.90. The molecular formula is C16H16ClFN2. The van der Waals surface area contributed by atoms with E-state index < -0.39 is 0 Å². The number of nitrogens with zero attached hydrogens (tertiary/aromatic N) is 1. The van der Waals surface area contributed by atoms with Crippen molar-refractivity contribution in [2.45, 2.75) is 6.04 Å². The van der Waals surface area contributed by atoms with E-state index in [0.717, 1.165) is 19.6 Å². The zero-order valence-corrected chi connectivity index (χ0v) is 11.8. The molecule has 0 spiro atoms. The van der Waals surface area contributed by atoms with Crippen molar-refractivity contribution in [2.24, 2.45) is 0 Å². The number of hydrogen-bond acceptors (Lipinski definition) is 2. The number of anilines is 1. The van der Waals surface area contributed by atoms with Crippen molar-refractivity contribution in [2.75, 3.05) is 24.5 Å². The van der Waals surface area contributed by atoms with Crippen molar-refractivity contribution in [3.8, 4) is 0 Å². The molecule has 0 amide bonds. The standard InChI is InChI=1S/C16H16ClFN2/c17-13-6-7-16(14(18)10-13)20-9-8-19-15(11-20)12-4-2-1-3-5-12/h1-7,10,15,19H,8-9,11H2. The Morgan fingerprint density at radius 3 is 2.70 bits per heavy atom. The Balaban J connectivity index is 1.81. The maximum absolute atomic E-state index is 14.0. The van der Waals surface area contributed by atoms with Crippen molar-refractivity contribution in [3.05, 3.63) is 64.9 Å². The summed E-state index contributed by atoms with van der Waals surface area (Å²) in [7, 11) is 0. The molecule has 0 saturated carbocycles. The van der Waals surface area contributed by atoms with E-state index in [1.165, 1.54) is 11.6 Å². The third-order valence-electron chi connectivity index (χ3n) is 3.63. The summed E-state index contributed by atoms with van der Waals surface area (Å²) >= 11 is 5.81. The lowest BCUT2D eigenvalue weighted by Crippen LogP contribution is -2.46. The monoisotopic (exact) mass is 290 g/mol. The van der Waals surface area contributed by atoms with Gasteiger partial charge in [0.2, 0.25) is 0 Å². The fourth-order valence-electron chi connectivity index (χ4n) is 2.62. The SMILES string of the molecule is Fc1cc(Cl)ccc1N1CCNC(c2ccccc2)C1. The van der Waals surface area contributed by atoms with E-state index in [1.54, 1.807) is 12.1 Å². The van der Waals surface area contributed by atoms with Crippen LogP contribution >= 0.6 is 11.6 Å². The van der Waals surface area contributed by atoms with Crippen LogP contribution in [0.5, 0.6) is 0 Å². The van der Waals surface area contributed by atoms with Gasteiger partial charge in [-0.2, -0.15) is 0 Å². The summed E-state index contributed by atoms with van der Waals surface area (Å²) in [6.07, 6.45) is 0. The maximum atomic E-state index is 14.0. The molecule has 0 aromatic heterocycles. The second-order valence-electron chi connectivity index (χ2n) is 4.96. The smallest absolute Gasteiger partial charge is 0.147 e. The molecule has 0 bridgehead atoms. The number of benzene rings is 2. The molecule has 1 saturated heterocycles. The Labute approximate surface area is 123 Å². The average Bonchev–Trinajstić information content (AvgIpc) is 2.48. The molecule has 1 heterocycles. The molecule has 1 unspecified atom stereocenters. The summed E-state index contributed by atoms with van der Waals surface area (Å²) in [6, 6.07) is 15.3. The summed E-state index contributed by atoms with van der Waals surface area (Å²) in [6.45, 7) is 2.38. The van der Waals surface area contributed by atoms with Gasteiger partial charge in [-0.15, -0.1) is 0 Å². The Bertz CT molecular complexity index is 588. The van der Waals surface area contributed by atoms with E-state index in [4.69, 9.17) is 11.6 Å². The molecule has 0 radical (unpaired) electrons. The second-order valence-corrected chi connectivity index (χ2v) is 5.40. The van der Waals surface area contributed by atoms with Crippen LogP contribution in [0.1, 0.15) is 11.6 Å². The van der Waals surface area contributed by atoms with Crippen molar-refractivity contribution < 1.29 is 4.39 Å². The van der Waals surface area contributed by atoms with Crippen molar-refractivity contribution >= 4 is 17.3 Å². The van der Waals surface area contributed by atoms with Gasteiger partial charge in [-0.3, -0.25) is 0 Å². The van der Waals surface area contributed by atoms with Crippen molar-refractivity contribution in [1.82, 2.24) is 5.32 Å².